The van der Waals surface area contributed by atoms with E-state index in [9.17, 15) is 18.3 Å². The lowest BCUT2D eigenvalue weighted by Gasteiger charge is -2.01. The molecule has 0 bridgehead atoms. The molecule has 49 valence electrons. The SMILES string of the molecule is [O]CSCC(F)(F)F. The van der Waals surface area contributed by atoms with Crippen LogP contribution in [0.4, 0.5) is 13.2 Å². The third-order valence-corrected chi connectivity index (χ3v) is 1.05. The molecule has 0 aliphatic heterocycles. The average Bonchev–Trinajstić information content (AvgIpc) is 1.59. The number of hydrogen-bond donors (Lipinski definition) is 0. The van der Waals surface area contributed by atoms with Gasteiger partial charge in [-0.15, -0.1) is 11.8 Å². The van der Waals surface area contributed by atoms with Gasteiger partial charge in [0.1, 0.15) is 5.94 Å². The van der Waals surface area contributed by atoms with Crippen LogP contribution in [0.3, 0.4) is 0 Å². The van der Waals surface area contributed by atoms with E-state index >= 15 is 0 Å². The Morgan fingerprint density at radius 2 is 1.88 bits per heavy atom. The number of hydrogen-bond acceptors (Lipinski definition) is 1. The molecule has 0 aromatic heterocycles. The monoisotopic (exact) mass is 145 g/mol. The fourth-order valence-corrected chi connectivity index (χ4v) is 0.472. The lowest BCUT2D eigenvalue weighted by atomic mass is 10.8. The summed E-state index contributed by atoms with van der Waals surface area (Å²) >= 11 is 0.334. The molecular formula is C3H4F3OS. The molecule has 0 saturated heterocycles. The van der Waals surface area contributed by atoms with Gasteiger partial charge in [0.15, 0.2) is 0 Å². The summed E-state index contributed by atoms with van der Waals surface area (Å²) in [6.45, 7) is 0. The number of halogens is 3. The Balaban J connectivity index is 3.11. The first-order valence-electron chi connectivity index (χ1n) is 1.79. The van der Waals surface area contributed by atoms with Crippen molar-refractivity contribution in [3.05, 3.63) is 0 Å². The molecule has 0 N–H and O–H groups in total. The standard InChI is InChI=1S/C3H4F3OS/c4-3(5,6)1-8-2-7/h1-2H2. The molecule has 0 atom stereocenters. The molecule has 0 heterocycles. The highest BCUT2D eigenvalue weighted by molar-refractivity contribution is 7.99. The van der Waals surface area contributed by atoms with Crippen molar-refractivity contribution < 1.29 is 18.3 Å². The molecule has 0 aromatic carbocycles. The van der Waals surface area contributed by atoms with E-state index in [1.54, 1.807) is 0 Å². The number of rotatable bonds is 2. The number of alkyl halides is 3. The Kier molecular flexibility index (Phi) is 3.23. The second-order valence-electron chi connectivity index (χ2n) is 1.08. The van der Waals surface area contributed by atoms with E-state index in [-0.39, 0.29) is 0 Å². The van der Waals surface area contributed by atoms with Crippen LogP contribution in [0.25, 0.3) is 0 Å². The zero-order chi connectivity index (χ0) is 6.62. The van der Waals surface area contributed by atoms with E-state index < -0.39 is 17.9 Å². The van der Waals surface area contributed by atoms with Crippen molar-refractivity contribution in [1.82, 2.24) is 0 Å². The van der Waals surface area contributed by atoms with Crippen LogP contribution in [-0.2, 0) is 5.11 Å². The van der Waals surface area contributed by atoms with Gasteiger partial charge in [0, 0.05) is 0 Å². The van der Waals surface area contributed by atoms with Gasteiger partial charge in [-0.25, -0.2) is 5.11 Å². The minimum atomic E-state index is -4.19. The highest BCUT2D eigenvalue weighted by Crippen LogP contribution is 2.19. The first-order chi connectivity index (χ1) is 3.56. The molecular weight excluding hydrogens is 141 g/mol. The second kappa shape index (κ2) is 3.19. The Labute approximate surface area is 48.9 Å². The summed E-state index contributed by atoms with van der Waals surface area (Å²) in [4.78, 5) is 0. The maximum Gasteiger partial charge on any atom is 0.397 e. The summed E-state index contributed by atoms with van der Waals surface area (Å²) in [7, 11) is 0. The van der Waals surface area contributed by atoms with Gasteiger partial charge in [0.05, 0.1) is 5.75 Å². The van der Waals surface area contributed by atoms with Crippen molar-refractivity contribution in [3.63, 3.8) is 0 Å². The third kappa shape index (κ3) is 6.10. The molecule has 1 nitrogen and oxygen atoms in total. The molecule has 1 radical (unpaired) electrons. The molecule has 0 unspecified atom stereocenters. The van der Waals surface area contributed by atoms with E-state index in [4.69, 9.17) is 0 Å². The molecule has 0 fully saturated rings. The van der Waals surface area contributed by atoms with Crippen molar-refractivity contribution in [1.29, 1.82) is 0 Å². The van der Waals surface area contributed by atoms with E-state index in [0.29, 0.717) is 11.8 Å². The van der Waals surface area contributed by atoms with E-state index in [0.717, 1.165) is 0 Å². The van der Waals surface area contributed by atoms with Gasteiger partial charge in [-0.3, -0.25) is 0 Å². The normalized spacial score (nSPS) is 12.0. The second-order valence-corrected chi connectivity index (χ2v) is 2.01. The highest BCUT2D eigenvalue weighted by Gasteiger charge is 2.26. The maximum atomic E-state index is 11.1. The van der Waals surface area contributed by atoms with Gasteiger partial charge in [-0.1, -0.05) is 0 Å². The van der Waals surface area contributed by atoms with Gasteiger partial charge in [-0.2, -0.15) is 13.2 Å². The first-order valence-corrected chi connectivity index (χ1v) is 2.94. The van der Waals surface area contributed by atoms with Gasteiger partial charge in [0.2, 0.25) is 0 Å². The zero-order valence-electron chi connectivity index (χ0n) is 3.86. The minimum absolute atomic E-state index is 0.334. The third-order valence-electron chi connectivity index (χ3n) is 0.349. The molecule has 0 aliphatic carbocycles. The van der Waals surface area contributed by atoms with Crippen molar-refractivity contribution >= 4 is 11.8 Å². The summed E-state index contributed by atoms with van der Waals surface area (Å²) in [6.07, 6.45) is -4.19. The smallest absolute Gasteiger partial charge is 0.225 e. The fraction of sp³-hybridized carbons (Fsp3) is 1.00. The largest absolute Gasteiger partial charge is 0.397 e. The van der Waals surface area contributed by atoms with Gasteiger partial charge < -0.3 is 0 Å². The van der Waals surface area contributed by atoms with Crippen LogP contribution in [0, 0.1) is 0 Å². The van der Waals surface area contributed by atoms with Crippen LogP contribution < -0.4 is 0 Å². The first kappa shape index (κ1) is 8.10. The molecule has 8 heavy (non-hydrogen) atoms. The molecule has 0 amide bonds. The van der Waals surface area contributed by atoms with E-state index in [2.05, 4.69) is 0 Å². The van der Waals surface area contributed by atoms with Gasteiger partial charge in [-0.05, 0) is 0 Å². The molecule has 0 aromatic rings. The Bertz CT molecular complexity index is 62.0. The average molecular weight is 145 g/mol. The summed E-state index contributed by atoms with van der Waals surface area (Å²) < 4.78 is 33.2. The van der Waals surface area contributed by atoms with Crippen molar-refractivity contribution in [3.8, 4) is 0 Å². The Morgan fingerprint density at radius 3 is 2.00 bits per heavy atom. The van der Waals surface area contributed by atoms with Crippen LogP contribution >= 0.6 is 11.8 Å². The zero-order valence-corrected chi connectivity index (χ0v) is 4.68. The van der Waals surface area contributed by atoms with Crippen LogP contribution in [0.5, 0.6) is 0 Å². The van der Waals surface area contributed by atoms with Crippen LogP contribution in [-0.4, -0.2) is 17.9 Å². The number of thioether (sulfide) groups is 1. The highest BCUT2D eigenvalue weighted by atomic mass is 32.2. The molecule has 5 heteroatoms. The summed E-state index contributed by atoms with van der Waals surface area (Å²) in [5.41, 5.74) is 0. The van der Waals surface area contributed by atoms with Crippen LogP contribution in [0.15, 0.2) is 0 Å². The maximum absolute atomic E-state index is 11.1. The van der Waals surface area contributed by atoms with Crippen molar-refractivity contribution in [2.75, 3.05) is 11.7 Å². The predicted molar refractivity (Wildman–Crippen MR) is 24.1 cm³/mol. The molecule has 0 rings (SSSR count). The van der Waals surface area contributed by atoms with Crippen LogP contribution in [0.1, 0.15) is 0 Å². The summed E-state index contributed by atoms with van der Waals surface area (Å²) in [6, 6.07) is 0. The Morgan fingerprint density at radius 1 is 1.38 bits per heavy atom. The van der Waals surface area contributed by atoms with Crippen LogP contribution in [0.2, 0.25) is 0 Å². The minimum Gasteiger partial charge on any atom is -0.225 e. The lowest BCUT2D eigenvalue weighted by molar-refractivity contribution is -0.105. The lowest BCUT2D eigenvalue weighted by Crippen LogP contribution is -2.10. The molecule has 0 saturated carbocycles. The van der Waals surface area contributed by atoms with Crippen molar-refractivity contribution in [2.45, 2.75) is 6.18 Å². The molecule has 0 spiro atoms. The quantitative estimate of drug-likeness (QED) is 0.541. The molecule has 0 aliphatic rings. The Hall–Kier alpha value is 0.100. The van der Waals surface area contributed by atoms with Gasteiger partial charge in [0.25, 0.3) is 0 Å². The van der Waals surface area contributed by atoms with E-state index in [1.165, 1.54) is 0 Å². The topological polar surface area (TPSA) is 19.9 Å². The van der Waals surface area contributed by atoms with Crippen molar-refractivity contribution in [2.24, 2.45) is 0 Å². The summed E-state index contributed by atoms with van der Waals surface area (Å²) in [5.74, 6) is -1.75. The van der Waals surface area contributed by atoms with Gasteiger partial charge >= 0.3 is 6.18 Å². The van der Waals surface area contributed by atoms with E-state index in [1.807, 2.05) is 0 Å². The summed E-state index contributed by atoms with van der Waals surface area (Å²) in [5, 5.41) is 9.44. The predicted octanol–water partition coefficient (Wildman–Crippen LogP) is 1.67. The fourth-order valence-electron chi connectivity index (χ4n) is 0.157.